The minimum atomic E-state index is 0.359. The van der Waals surface area contributed by atoms with E-state index in [0.29, 0.717) is 6.04 Å². The van der Waals surface area contributed by atoms with Crippen LogP contribution in [0.4, 0.5) is 0 Å². The Morgan fingerprint density at radius 2 is 2.06 bits per heavy atom. The molecule has 1 N–H and O–H groups in total. The minimum absolute atomic E-state index is 0.359. The molecule has 3 rings (SSSR count). The Hall–Kier alpha value is -1.11. The van der Waals surface area contributed by atoms with Crippen molar-refractivity contribution in [1.29, 1.82) is 0 Å². The van der Waals surface area contributed by atoms with Gasteiger partial charge in [0.25, 0.3) is 0 Å². The molecule has 6 heteroatoms. The quantitative estimate of drug-likeness (QED) is 0.862. The fourth-order valence-corrected chi connectivity index (χ4v) is 3.05. The van der Waals surface area contributed by atoms with Gasteiger partial charge in [0.05, 0.1) is 6.04 Å². The maximum absolute atomic E-state index is 4.57. The van der Waals surface area contributed by atoms with Crippen LogP contribution in [0.5, 0.6) is 0 Å². The van der Waals surface area contributed by atoms with E-state index in [9.17, 15) is 0 Å². The maximum atomic E-state index is 4.57. The fourth-order valence-electron chi connectivity index (χ4n) is 2.10. The molecule has 1 aliphatic heterocycles. The lowest BCUT2D eigenvalue weighted by molar-refractivity contribution is 0.185. The molecule has 3 heterocycles. The first-order chi connectivity index (χ1) is 8.34. The van der Waals surface area contributed by atoms with Gasteiger partial charge in [0, 0.05) is 38.6 Å². The molecule has 90 valence electrons. The predicted octanol–water partition coefficient (Wildman–Crippen LogP) is 1.05. The summed E-state index contributed by atoms with van der Waals surface area (Å²) in [7, 11) is 0. The standard InChI is InChI=1S/C11H15N5S/c1-8(16-6-4-12-5-7-16)10-15-9-11(17-10)14-3-2-13-9/h2-3,8,12H,4-7H2,1H3. The smallest absolute Gasteiger partial charge is 0.189 e. The Morgan fingerprint density at radius 3 is 2.82 bits per heavy atom. The molecule has 2 aromatic rings. The molecule has 0 bridgehead atoms. The van der Waals surface area contributed by atoms with Gasteiger partial charge in [-0.3, -0.25) is 4.90 Å². The summed E-state index contributed by atoms with van der Waals surface area (Å²) in [5, 5.41) is 4.48. The molecule has 0 spiro atoms. The molecule has 1 unspecified atom stereocenters. The van der Waals surface area contributed by atoms with E-state index >= 15 is 0 Å². The highest BCUT2D eigenvalue weighted by atomic mass is 32.1. The number of thiazole rings is 1. The summed E-state index contributed by atoms with van der Waals surface area (Å²) >= 11 is 1.65. The number of fused-ring (bicyclic) bond motifs is 1. The summed E-state index contributed by atoms with van der Waals surface area (Å²) in [5.74, 6) is 0. The molecular weight excluding hydrogens is 234 g/mol. The zero-order valence-corrected chi connectivity index (χ0v) is 10.6. The summed E-state index contributed by atoms with van der Waals surface area (Å²) in [6.45, 7) is 6.50. The van der Waals surface area contributed by atoms with Gasteiger partial charge >= 0.3 is 0 Å². The Kier molecular flexibility index (Phi) is 3.00. The third-order valence-corrected chi connectivity index (χ3v) is 4.24. The molecule has 0 saturated carbocycles. The second-order valence-corrected chi connectivity index (χ2v) is 5.21. The van der Waals surface area contributed by atoms with Crippen LogP contribution in [0.25, 0.3) is 10.5 Å². The van der Waals surface area contributed by atoms with Crippen molar-refractivity contribution >= 4 is 21.8 Å². The topological polar surface area (TPSA) is 53.9 Å². The van der Waals surface area contributed by atoms with Gasteiger partial charge in [-0.05, 0) is 6.92 Å². The summed E-state index contributed by atoms with van der Waals surface area (Å²) in [5.41, 5.74) is 0.773. The lowest BCUT2D eigenvalue weighted by Gasteiger charge is -2.31. The zero-order valence-electron chi connectivity index (χ0n) is 9.76. The molecule has 0 aliphatic carbocycles. The van der Waals surface area contributed by atoms with Crippen LogP contribution in [0.2, 0.25) is 0 Å². The molecule has 2 aromatic heterocycles. The third-order valence-electron chi connectivity index (χ3n) is 3.12. The van der Waals surface area contributed by atoms with E-state index in [0.717, 1.165) is 41.7 Å². The van der Waals surface area contributed by atoms with Crippen molar-refractivity contribution in [1.82, 2.24) is 25.2 Å². The monoisotopic (exact) mass is 249 g/mol. The molecule has 0 amide bonds. The highest BCUT2D eigenvalue weighted by Crippen LogP contribution is 2.27. The second-order valence-electron chi connectivity index (χ2n) is 4.20. The molecule has 1 fully saturated rings. The Labute approximate surface area is 104 Å². The molecule has 1 saturated heterocycles. The molecule has 0 radical (unpaired) electrons. The van der Waals surface area contributed by atoms with Crippen molar-refractivity contribution in [3.05, 3.63) is 17.4 Å². The van der Waals surface area contributed by atoms with Crippen molar-refractivity contribution < 1.29 is 0 Å². The van der Waals surface area contributed by atoms with Gasteiger partial charge in [-0.1, -0.05) is 11.3 Å². The lowest BCUT2D eigenvalue weighted by Crippen LogP contribution is -2.44. The first-order valence-corrected chi connectivity index (χ1v) is 6.68. The van der Waals surface area contributed by atoms with E-state index in [-0.39, 0.29) is 0 Å². The average molecular weight is 249 g/mol. The van der Waals surface area contributed by atoms with Gasteiger partial charge in [-0.15, -0.1) is 0 Å². The van der Waals surface area contributed by atoms with Crippen molar-refractivity contribution in [3.8, 4) is 0 Å². The van der Waals surface area contributed by atoms with Gasteiger partial charge < -0.3 is 5.32 Å². The highest BCUT2D eigenvalue weighted by Gasteiger charge is 2.21. The van der Waals surface area contributed by atoms with Crippen LogP contribution in [-0.2, 0) is 0 Å². The van der Waals surface area contributed by atoms with Gasteiger partial charge in [-0.2, -0.15) is 0 Å². The third kappa shape index (κ3) is 2.15. The van der Waals surface area contributed by atoms with Gasteiger partial charge in [0.2, 0.25) is 0 Å². The van der Waals surface area contributed by atoms with Crippen LogP contribution in [0.1, 0.15) is 18.0 Å². The van der Waals surface area contributed by atoms with E-state index in [1.54, 1.807) is 23.7 Å². The van der Waals surface area contributed by atoms with E-state index in [4.69, 9.17) is 0 Å². The lowest BCUT2D eigenvalue weighted by atomic mass is 10.2. The van der Waals surface area contributed by atoms with Crippen molar-refractivity contribution in [2.24, 2.45) is 0 Å². The molecule has 17 heavy (non-hydrogen) atoms. The molecule has 1 atom stereocenters. The van der Waals surface area contributed by atoms with Crippen molar-refractivity contribution in [2.75, 3.05) is 26.2 Å². The Balaban J connectivity index is 1.86. The van der Waals surface area contributed by atoms with Gasteiger partial charge in [-0.25, -0.2) is 15.0 Å². The number of hydrogen-bond acceptors (Lipinski definition) is 6. The number of hydrogen-bond donors (Lipinski definition) is 1. The average Bonchev–Trinajstić information content (AvgIpc) is 2.82. The van der Waals surface area contributed by atoms with Crippen LogP contribution in [-0.4, -0.2) is 46.0 Å². The van der Waals surface area contributed by atoms with Crippen LogP contribution in [0.15, 0.2) is 12.4 Å². The highest BCUT2D eigenvalue weighted by molar-refractivity contribution is 7.18. The van der Waals surface area contributed by atoms with E-state index in [1.165, 1.54) is 0 Å². The van der Waals surface area contributed by atoms with Crippen LogP contribution < -0.4 is 5.32 Å². The second kappa shape index (κ2) is 4.64. The van der Waals surface area contributed by atoms with Crippen LogP contribution in [0, 0.1) is 0 Å². The zero-order chi connectivity index (χ0) is 11.7. The van der Waals surface area contributed by atoms with E-state index in [1.807, 2.05) is 0 Å². The minimum Gasteiger partial charge on any atom is -0.314 e. The summed E-state index contributed by atoms with van der Waals surface area (Å²) < 4.78 is 0. The van der Waals surface area contributed by atoms with Gasteiger partial charge in [0.15, 0.2) is 10.5 Å². The van der Waals surface area contributed by atoms with Crippen LogP contribution in [0.3, 0.4) is 0 Å². The van der Waals surface area contributed by atoms with E-state index < -0.39 is 0 Å². The van der Waals surface area contributed by atoms with E-state index in [2.05, 4.69) is 32.1 Å². The fraction of sp³-hybridized carbons (Fsp3) is 0.545. The van der Waals surface area contributed by atoms with Crippen molar-refractivity contribution in [2.45, 2.75) is 13.0 Å². The maximum Gasteiger partial charge on any atom is 0.189 e. The first-order valence-electron chi connectivity index (χ1n) is 5.87. The number of nitrogens with zero attached hydrogens (tertiary/aromatic N) is 4. The normalized spacial score (nSPS) is 19.6. The largest absolute Gasteiger partial charge is 0.314 e. The predicted molar refractivity (Wildman–Crippen MR) is 68.1 cm³/mol. The Morgan fingerprint density at radius 1 is 1.29 bits per heavy atom. The molecule has 1 aliphatic rings. The van der Waals surface area contributed by atoms with Crippen LogP contribution >= 0.6 is 11.3 Å². The molecule has 5 nitrogen and oxygen atoms in total. The number of nitrogens with one attached hydrogen (secondary N) is 1. The number of aromatic nitrogens is 3. The summed E-state index contributed by atoms with van der Waals surface area (Å²) in [6, 6.07) is 0.359. The SMILES string of the molecule is CC(c1nc2nccnc2s1)N1CCNCC1. The van der Waals surface area contributed by atoms with Crippen molar-refractivity contribution in [3.63, 3.8) is 0 Å². The summed E-state index contributed by atoms with van der Waals surface area (Å²) in [4.78, 5) is 16.5. The Bertz CT molecular complexity index is 472. The summed E-state index contributed by atoms with van der Waals surface area (Å²) in [6.07, 6.45) is 3.42. The molecule has 0 aromatic carbocycles. The number of piperazine rings is 1. The first kappa shape index (κ1) is 11.0. The van der Waals surface area contributed by atoms with Gasteiger partial charge in [0.1, 0.15) is 5.01 Å². The molecular formula is C11H15N5S. The number of rotatable bonds is 2.